The van der Waals surface area contributed by atoms with Crippen LogP contribution in [0, 0.1) is 0 Å². The largest absolute Gasteiger partial charge is 0.489 e. The number of hydrogen-bond acceptors (Lipinski definition) is 4. The van der Waals surface area contributed by atoms with Gasteiger partial charge in [-0.05, 0) is 62.6 Å². The molecule has 0 aliphatic carbocycles. The van der Waals surface area contributed by atoms with Crippen LogP contribution in [0.4, 0.5) is 0 Å². The van der Waals surface area contributed by atoms with E-state index in [-0.39, 0.29) is 25.1 Å². The molecule has 1 unspecified atom stereocenters. The zero-order chi connectivity index (χ0) is 19.2. The molecule has 2 aromatic carbocycles. The van der Waals surface area contributed by atoms with Gasteiger partial charge >= 0.3 is 0 Å². The predicted octanol–water partition coefficient (Wildman–Crippen LogP) is 3.37. The van der Waals surface area contributed by atoms with Gasteiger partial charge in [-0.25, -0.2) is 13.1 Å². The van der Waals surface area contributed by atoms with Crippen LogP contribution in [0.1, 0.15) is 26.3 Å². The van der Waals surface area contributed by atoms with Crippen LogP contribution in [-0.4, -0.2) is 32.9 Å². The van der Waals surface area contributed by atoms with E-state index in [1.54, 1.807) is 13.8 Å². The lowest BCUT2D eigenvalue weighted by molar-refractivity contribution is 0.225. The van der Waals surface area contributed by atoms with Crippen LogP contribution in [0.5, 0.6) is 5.75 Å². The minimum atomic E-state index is -3.27. The van der Waals surface area contributed by atoms with Gasteiger partial charge in [0.15, 0.2) is 0 Å². The van der Waals surface area contributed by atoms with Gasteiger partial charge in [-0.3, -0.25) is 0 Å². The van der Waals surface area contributed by atoms with Crippen molar-refractivity contribution in [3.63, 3.8) is 0 Å². The molecule has 27 heavy (non-hydrogen) atoms. The van der Waals surface area contributed by atoms with Crippen LogP contribution in [0.25, 0.3) is 11.1 Å². The lowest BCUT2D eigenvalue weighted by atomic mass is 10.0. The number of sulfonamides is 1. The SMILES string of the molecule is CC(CNS(=O)(=O)C(C)C)Oc1ccc(-c2ccc(CCN)cc2)cc1.Cl. The topological polar surface area (TPSA) is 81.4 Å². The van der Waals surface area contributed by atoms with Gasteiger partial charge in [0.25, 0.3) is 0 Å². The number of ether oxygens (including phenoxy) is 1. The Balaban J connectivity index is 0.00000364. The quantitative estimate of drug-likeness (QED) is 0.661. The zero-order valence-electron chi connectivity index (χ0n) is 16.0. The molecule has 1 atom stereocenters. The molecule has 0 saturated heterocycles. The highest BCUT2D eigenvalue weighted by Crippen LogP contribution is 2.23. The van der Waals surface area contributed by atoms with E-state index in [1.807, 2.05) is 31.2 Å². The molecule has 5 nitrogen and oxygen atoms in total. The van der Waals surface area contributed by atoms with Crippen LogP contribution in [0.15, 0.2) is 48.5 Å². The van der Waals surface area contributed by atoms with Crippen LogP contribution >= 0.6 is 12.4 Å². The number of rotatable bonds is 9. The highest BCUT2D eigenvalue weighted by Gasteiger charge is 2.16. The second-order valence-corrected chi connectivity index (χ2v) is 8.95. The summed E-state index contributed by atoms with van der Waals surface area (Å²) >= 11 is 0. The molecule has 3 N–H and O–H groups in total. The normalized spacial score (nSPS) is 12.5. The van der Waals surface area contributed by atoms with E-state index in [0.717, 1.165) is 17.5 Å². The molecule has 0 amide bonds. The van der Waals surface area contributed by atoms with Crippen molar-refractivity contribution in [2.24, 2.45) is 5.73 Å². The standard InChI is InChI=1S/C20H28N2O3S.ClH/c1-15(2)26(23,24)22-14-16(3)25-20-10-8-19(9-11-20)18-6-4-17(5-7-18)12-13-21;/h4-11,15-16,22H,12-14,21H2,1-3H3;1H. The van der Waals surface area contributed by atoms with Crippen molar-refractivity contribution < 1.29 is 13.2 Å². The molecule has 0 radical (unpaired) electrons. The Labute approximate surface area is 168 Å². The maximum Gasteiger partial charge on any atom is 0.214 e. The molecular weight excluding hydrogens is 384 g/mol. The van der Waals surface area contributed by atoms with Crippen molar-refractivity contribution in [1.82, 2.24) is 4.72 Å². The van der Waals surface area contributed by atoms with Crippen molar-refractivity contribution in [2.45, 2.75) is 38.5 Å². The van der Waals surface area contributed by atoms with E-state index in [9.17, 15) is 8.42 Å². The minimum absolute atomic E-state index is 0. The van der Waals surface area contributed by atoms with Gasteiger partial charge in [0, 0.05) is 6.54 Å². The average Bonchev–Trinajstić information content (AvgIpc) is 2.62. The second kappa shape index (κ2) is 10.7. The first-order chi connectivity index (χ1) is 12.3. The lowest BCUT2D eigenvalue weighted by Gasteiger charge is -2.17. The molecule has 0 bridgehead atoms. The van der Waals surface area contributed by atoms with E-state index in [0.29, 0.717) is 12.3 Å². The molecule has 0 saturated carbocycles. The third-order valence-electron chi connectivity index (χ3n) is 4.10. The van der Waals surface area contributed by atoms with Crippen molar-refractivity contribution in [3.8, 4) is 16.9 Å². The van der Waals surface area contributed by atoms with Gasteiger partial charge in [-0.15, -0.1) is 12.4 Å². The fourth-order valence-corrected chi connectivity index (χ4v) is 3.23. The van der Waals surface area contributed by atoms with Gasteiger partial charge in [-0.2, -0.15) is 0 Å². The van der Waals surface area contributed by atoms with E-state index in [2.05, 4.69) is 29.0 Å². The van der Waals surface area contributed by atoms with E-state index < -0.39 is 15.3 Å². The lowest BCUT2D eigenvalue weighted by Crippen LogP contribution is -2.37. The van der Waals surface area contributed by atoms with Gasteiger partial charge < -0.3 is 10.5 Å². The van der Waals surface area contributed by atoms with Gasteiger partial charge in [0.1, 0.15) is 11.9 Å². The molecule has 0 fully saturated rings. The third-order valence-corrected chi connectivity index (χ3v) is 5.91. The van der Waals surface area contributed by atoms with Gasteiger partial charge in [0.2, 0.25) is 10.0 Å². The maximum atomic E-state index is 11.8. The fourth-order valence-electron chi connectivity index (χ4n) is 2.43. The van der Waals surface area contributed by atoms with Crippen molar-refractivity contribution >= 4 is 22.4 Å². The first kappa shape index (κ1) is 23.4. The summed E-state index contributed by atoms with van der Waals surface area (Å²) in [4.78, 5) is 0. The summed E-state index contributed by atoms with van der Waals surface area (Å²) in [5.41, 5.74) is 9.04. The van der Waals surface area contributed by atoms with Crippen LogP contribution in [0.3, 0.4) is 0 Å². The summed E-state index contributed by atoms with van der Waals surface area (Å²) in [7, 11) is -3.27. The highest BCUT2D eigenvalue weighted by molar-refractivity contribution is 7.90. The highest BCUT2D eigenvalue weighted by atomic mass is 35.5. The molecule has 7 heteroatoms. The molecule has 0 heterocycles. The van der Waals surface area contributed by atoms with E-state index in [4.69, 9.17) is 10.5 Å². The van der Waals surface area contributed by atoms with Crippen molar-refractivity contribution in [1.29, 1.82) is 0 Å². The summed E-state index contributed by atoms with van der Waals surface area (Å²) in [6.07, 6.45) is 0.621. The molecular formula is C20H29ClN2O3S. The smallest absolute Gasteiger partial charge is 0.214 e. The molecule has 2 rings (SSSR count). The Morgan fingerprint density at radius 1 is 0.963 bits per heavy atom. The van der Waals surface area contributed by atoms with Gasteiger partial charge in [-0.1, -0.05) is 36.4 Å². The minimum Gasteiger partial charge on any atom is -0.489 e. The zero-order valence-corrected chi connectivity index (χ0v) is 17.6. The van der Waals surface area contributed by atoms with E-state index >= 15 is 0 Å². The number of halogens is 1. The summed E-state index contributed by atoms with van der Waals surface area (Å²) in [5, 5.41) is -0.453. The van der Waals surface area contributed by atoms with Crippen molar-refractivity contribution in [3.05, 3.63) is 54.1 Å². The Hall–Kier alpha value is -1.60. The number of benzene rings is 2. The van der Waals surface area contributed by atoms with Crippen molar-refractivity contribution in [2.75, 3.05) is 13.1 Å². The summed E-state index contributed by atoms with van der Waals surface area (Å²) < 4.78 is 31.9. The molecule has 2 aromatic rings. The Kier molecular flexibility index (Phi) is 9.26. The van der Waals surface area contributed by atoms with Crippen LogP contribution in [0.2, 0.25) is 0 Å². The Morgan fingerprint density at radius 3 is 1.96 bits per heavy atom. The molecule has 0 aliphatic rings. The van der Waals surface area contributed by atoms with Gasteiger partial charge in [0.05, 0.1) is 5.25 Å². The number of hydrogen-bond donors (Lipinski definition) is 2. The van der Waals surface area contributed by atoms with Crippen LogP contribution in [-0.2, 0) is 16.4 Å². The first-order valence-electron chi connectivity index (χ1n) is 8.86. The maximum absolute atomic E-state index is 11.8. The average molecular weight is 413 g/mol. The second-order valence-electron chi connectivity index (χ2n) is 6.63. The fraction of sp³-hybridized carbons (Fsp3) is 0.400. The Morgan fingerprint density at radius 2 is 1.48 bits per heavy atom. The summed E-state index contributed by atoms with van der Waals surface area (Å²) in [6, 6.07) is 16.2. The predicted molar refractivity (Wildman–Crippen MR) is 114 cm³/mol. The summed E-state index contributed by atoms with van der Waals surface area (Å²) in [5.74, 6) is 0.713. The number of nitrogens with one attached hydrogen (secondary N) is 1. The molecule has 0 aliphatic heterocycles. The molecule has 0 aromatic heterocycles. The number of nitrogens with two attached hydrogens (primary N) is 1. The summed E-state index contributed by atoms with van der Waals surface area (Å²) in [6.45, 7) is 6.03. The first-order valence-corrected chi connectivity index (χ1v) is 10.4. The monoisotopic (exact) mass is 412 g/mol. The Bertz CT molecular complexity index is 791. The van der Waals surface area contributed by atoms with Crippen LogP contribution < -0.4 is 15.2 Å². The third kappa shape index (κ3) is 7.14. The van der Waals surface area contributed by atoms with E-state index in [1.165, 1.54) is 5.56 Å². The molecule has 150 valence electrons. The molecule has 0 spiro atoms.